The van der Waals surface area contributed by atoms with Crippen LogP contribution in [-0.4, -0.2) is 68.0 Å². The van der Waals surface area contributed by atoms with Crippen LogP contribution in [0.2, 0.25) is 0 Å². The fraction of sp³-hybridized carbons (Fsp3) is 0.972. The molecule has 4 unspecified atom stereocenters. The molecule has 1 heterocycles. The summed E-state index contributed by atoms with van der Waals surface area (Å²) < 4.78 is 11.7. The second kappa shape index (κ2) is 31.6. The third-order valence-corrected chi connectivity index (χ3v) is 8.92. The molecule has 0 aromatic carbocycles. The van der Waals surface area contributed by atoms with Crippen LogP contribution in [0.15, 0.2) is 0 Å². The Kier molecular flexibility index (Phi) is 31.5. The van der Waals surface area contributed by atoms with E-state index in [1.54, 1.807) is 0 Å². The van der Waals surface area contributed by atoms with Gasteiger partial charge in [0, 0.05) is 50.7 Å². The van der Waals surface area contributed by atoms with Crippen molar-refractivity contribution in [3.8, 4) is 0 Å². The van der Waals surface area contributed by atoms with Gasteiger partial charge in [-0.2, -0.15) is 0 Å². The molecule has 0 saturated carbocycles. The molecule has 4 atom stereocenters. The molecule has 257 valence electrons. The summed E-state index contributed by atoms with van der Waals surface area (Å²) in [4.78, 5) is 12.1. The van der Waals surface area contributed by atoms with E-state index >= 15 is 0 Å². The van der Waals surface area contributed by atoms with Crippen molar-refractivity contribution in [2.24, 2.45) is 5.92 Å². The van der Waals surface area contributed by atoms with Crippen LogP contribution in [0, 0.1) is 5.92 Å². The van der Waals surface area contributed by atoms with Gasteiger partial charge in [-0.05, 0) is 50.9 Å². The zero-order valence-electron chi connectivity index (χ0n) is 28.8. The van der Waals surface area contributed by atoms with Gasteiger partial charge in [-0.3, -0.25) is 4.79 Å². The summed E-state index contributed by atoms with van der Waals surface area (Å²) in [6, 6.07) is -0.660. The van der Waals surface area contributed by atoms with Crippen LogP contribution in [-0.2, 0) is 32.8 Å². The molecular formula is C36H70BNO5V. The van der Waals surface area contributed by atoms with Crippen molar-refractivity contribution < 1.29 is 43.0 Å². The van der Waals surface area contributed by atoms with Crippen molar-refractivity contribution in [1.29, 1.82) is 0 Å². The smallest absolute Gasteiger partial charge is 0.219 e. The SMILES string of the molecule is [B]C1OC(CCC(C)C)C(OCCCCCNC(=O)CCCCCCCCCCCCCCCCCCCCCO)C1O.[V]. The van der Waals surface area contributed by atoms with Gasteiger partial charge in [0.15, 0.2) is 0 Å². The first-order valence-corrected chi connectivity index (χ1v) is 18.5. The zero-order valence-corrected chi connectivity index (χ0v) is 30.2. The maximum atomic E-state index is 12.1. The molecular weight excluding hydrogens is 588 g/mol. The Balaban J connectivity index is 0.0000185. The normalized spacial score (nSPS) is 19.8. The van der Waals surface area contributed by atoms with Gasteiger partial charge in [-0.1, -0.05) is 123 Å². The first-order chi connectivity index (χ1) is 21.0. The number of hydrogen-bond acceptors (Lipinski definition) is 5. The Morgan fingerprint density at radius 1 is 0.750 bits per heavy atom. The van der Waals surface area contributed by atoms with E-state index in [-0.39, 0.29) is 36.7 Å². The van der Waals surface area contributed by atoms with Crippen LogP contribution in [0.3, 0.4) is 0 Å². The van der Waals surface area contributed by atoms with Gasteiger partial charge < -0.3 is 25.0 Å². The van der Waals surface area contributed by atoms with Gasteiger partial charge in [-0.25, -0.2) is 0 Å². The molecule has 3 radical (unpaired) electrons. The van der Waals surface area contributed by atoms with E-state index in [2.05, 4.69) is 19.2 Å². The first kappa shape index (κ1) is 44.0. The number of aliphatic hydroxyl groups is 2. The molecule has 3 N–H and O–H groups in total. The van der Waals surface area contributed by atoms with Crippen LogP contribution in [0.4, 0.5) is 0 Å². The van der Waals surface area contributed by atoms with Gasteiger partial charge in [-0.15, -0.1) is 0 Å². The number of rotatable bonds is 31. The minimum atomic E-state index is -0.763. The fourth-order valence-corrected chi connectivity index (χ4v) is 6.04. The molecule has 1 saturated heterocycles. The quantitative estimate of drug-likeness (QED) is 0.0517. The van der Waals surface area contributed by atoms with Crippen LogP contribution in [0.5, 0.6) is 0 Å². The van der Waals surface area contributed by atoms with Gasteiger partial charge in [0.25, 0.3) is 0 Å². The second-order valence-corrected chi connectivity index (χ2v) is 13.5. The maximum absolute atomic E-state index is 12.1. The van der Waals surface area contributed by atoms with E-state index in [0.29, 0.717) is 25.6 Å². The summed E-state index contributed by atoms with van der Waals surface area (Å²) in [6.45, 7) is 6.02. The van der Waals surface area contributed by atoms with Gasteiger partial charge in [0.1, 0.15) is 20.1 Å². The Bertz CT molecular complexity index is 629. The van der Waals surface area contributed by atoms with Gasteiger partial charge in [0.05, 0.1) is 6.10 Å². The van der Waals surface area contributed by atoms with Crippen LogP contribution >= 0.6 is 0 Å². The van der Waals surface area contributed by atoms with Crippen molar-refractivity contribution in [2.45, 2.75) is 199 Å². The molecule has 8 heteroatoms. The average Bonchev–Trinajstić information content (AvgIpc) is 3.26. The number of nitrogens with one attached hydrogen (secondary N) is 1. The minimum Gasteiger partial charge on any atom is -0.396 e. The van der Waals surface area contributed by atoms with Gasteiger partial charge >= 0.3 is 0 Å². The second-order valence-electron chi connectivity index (χ2n) is 13.5. The Hall–Kier alpha value is -0.0406. The summed E-state index contributed by atoms with van der Waals surface area (Å²) in [7, 11) is 5.88. The largest absolute Gasteiger partial charge is 0.396 e. The van der Waals surface area contributed by atoms with Crippen LogP contribution < -0.4 is 5.32 Å². The van der Waals surface area contributed by atoms with Crippen molar-refractivity contribution in [1.82, 2.24) is 5.32 Å². The zero-order chi connectivity index (χ0) is 31.4. The monoisotopic (exact) mass is 658 g/mol. The number of hydrogen-bond donors (Lipinski definition) is 3. The van der Waals surface area contributed by atoms with Crippen molar-refractivity contribution in [3.63, 3.8) is 0 Å². The molecule has 44 heavy (non-hydrogen) atoms. The van der Waals surface area contributed by atoms with E-state index in [9.17, 15) is 9.90 Å². The molecule has 1 aliphatic heterocycles. The number of aliphatic hydroxyl groups excluding tert-OH is 2. The number of carbonyl (C=O) groups excluding carboxylic acids is 1. The summed E-state index contributed by atoms with van der Waals surface area (Å²) in [5.74, 6) is 0.761. The average molecular weight is 659 g/mol. The summed E-state index contributed by atoms with van der Waals surface area (Å²) in [5.41, 5.74) is 0. The molecule has 0 spiro atoms. The van der Waals surface area contributed by atoms with E-state index in [1.165, 1.54) is 103 Å². The fourth-order valence-electron chi connectivity index (χ4n) is 6.04. The van der Waals surface area contributed by atoms with Gasteiger partial charge in [0.2, 0.25) is 5.91 Å². The molecule has 1 rings (SSSR count). The Morgan fingerprint density at radius 3 is 1.68 bits per heavy atom. The number of carbonyl (C=O) groups is 1. The topological polar surface area (TPSA) is 88.0 Å². The molecule has 0 aromatic rings. The molecule has 0 aliphatic carbocycles. The van der Waals surface area contributed by atoms with Crippen LogP contribution in [0.25, 0.3) is 0 Å². The summed E-state index contributed by atoms with van der Waals surface area (Å²) in [6.07, 6.45) is 28.9. The third-order valence-electron chi connectivity index (χ3n) is 8.92. The van der Waals surface area contributed by atoms with Crippen LogP contribution in [0.1, 0.15) is 174 Å². The predicted octanol–water partition coefficient (Wildman–Crippen LogP) is 8.14. The molecule has 0 aromatic heterocycles. The number of unbranched alkanes of at least 4 members (excludes halogenated alkanes) is 20. The van der Waals surface area contributed by atoms with Crippen molar-refractivity contribution in [3.05, 3.63) is 0 Å². The van der Waals surface area contributed by atoms with E-state index in [4.69, 9.17) is 22.4 Å². The standard InChI is InChI=1S/C36H70BNO5.V/c1-31(2)26-27-32-35(34(41)36(37)43-32)42-30-24-20-22-28-38-33(40)25-21-18-16-14-12-10-8-6-4-3-5-7-9-11-13-15-17-19-23-29-39;/h31-32,34-36,39,41H,3-30H2,1-2H3,(H,38,40);. The molecule has 1 fully saturated rings. The number of ether oxygens (including phenoxy) is 2. The molecule has 1 aliphatic rings. The predicted molar refractivity (Wildman–Crippen MR) is 181 cm³/mol. The minimum absolute atomic E-state index is 0. The van der Waals surface area contributed by atoms with Crippen molar-refractivity contribution in [2.75, 3.05) is 19.8 Å². The Morgan fingerprint density at radius 2 is 1.20 bits per heavy atom. The van der Waals surface area contributed by atoms with E-state index < -0.39 is 12.1 Å². The third kappa shape index (κ3) is 25.1. The summed E-state index contributed by atoms with van der Waals surface area (Å²) in [5, 5.41) is 22.1. The van der Waals surface area contributed by atoms with E-state index in [0.717, 1.165) is 57.9 Å². The molecule has 1 amide bonds. The van der Waals surface area contributed by atoms with E-state index in [1.807, 2.05) is 0 Å². The van der Waals surface area contributed by atoms with Crippen molar-refractivity contribution >= 4 is 13.8 Å². The summed E-state index contributed by atoms with van der Waals surface area (Å²) >= 11 is 0. The maximum Gasteiger partial charge on any atom is 0.219 e. The Labute approximate surface area is 285 Å². The number of amides is 1. The molecule has 6 nitrogen and oxygen atoms in total. The first-order valence-electron chi connectivity index (χ1n) is 18.5. The molecule has 0 bridgehead atoms.